The van der Waals surface area contributed by atoms with Gasteiger partial charge in [0.25, 0.3) is 0 Å². The lowest BCUT2D eigenvalue weighted by molar-refractivity contribution is 0.314. The average Bonchev–Trinajstić information content (AvgIpc) is 2.88. The number of hydrogen-bond donors (Lipinski definition) is 1. The van der Waals surface area contributed by atoms with E-state index in [1.165, 1.54) is 49.4 Å². The Labute approximate surface area is 121 Å². The summed E-state index contributed by atoms with van der Waals surface area (Å²) in [6, 6.07) is 12.3. The maximum absolute atomic E-state index is 3.87. The van der Waals surface area contributed by atoms with Crippen molar-refractivity contribution in [3.05, 3.63) is 35.9 Å². The van der Waals surface area contributed by atoms with E-state index in [4.69, 9.17) is 0 Å². The summed E-state index contributed by atoms with van der Waals surface area (Å²) in [5.74, 6) is 2.68. The first-order chi connectivity index (χ1) is 9.40. The second kappa shape index (κ2) is 6.78. The lowest BCUT2D eigenvalue weighted by Gasteiger charge is -2.26. The van der Waals surface area contributed by atoms with Gasteiger partial charge in [0.15, 0.2) is 0 Å². The van der Waals surface area contributed by atoms with Gasteiger partial charge in [0.2, 0.25) is 0 Å². The molecule has 3 heteroatoms. The first-order valence-electron chi connectivity index (χ1n) is 7.50. The van der Waals surface area contributed by atoms with Gasteiger partial charge in [-0.1, -0.05) is 30.3 Å². The van der Waals surface area contributed by atoms with Crippen molar-refractivity contribution in [3.63, 3.8) is 0 Å². The van der Waals surface area contributed by atoms with Crippen LogP contribution in [0.1, 0.15) is 24.8 Å². The molecule has 0 bridgehead atoms. The highest BCUT2D eigenvalue weighted by Crippen LogP contribution is 2.20. The van der Waals surface area contributed by atoms with Crippen LogP contribution in [0.2, 0.25) is 0 Å². The summed E-state index contributed by atoms with van der Waals surface area (Å²) in [7, 11) is 0. The van der Waals surface area contributed by atoms with Crippen LogP contribution in [0.4, 0.5) is 0 Å². The standard InChI is InChI=1S/C16H24N2S/c1-2-5-14(6-3-1)11-18-9-8-15(12-18)17-16-7-4-10-19-13-16/h1-3,5-6,15-17H,4,7-13H2. The molecule has 0 radical (unpaired) electrons. The van der Waals surface area contributed by atoms with E-state index < -0.39 is 0 Å². The molecule has 3 rings (SSSR count). The summed E-state index contributed by atoms with van der Waals surface area (Å²) in [5.41, 5.74) is 1.44. The quantitative estimate of drug-likeness (QED) is 0.910. The fraction of sp³-hybridized carbons (Fsp3) is 0.625. The van der Waals surface area contributed by atoms with Crippen LogP contribution in [0.25, 0.3) is 0 Å². The summed E-state index contributed by atoms with van der Waals surface area (Å²) in [6.45, 7) is 3.57. The van der Waals surface area contributed by atoms with Crippen molar-refractivity contribution < 1.29 is 0 Å². The van der Waals surface area contributed by atoms with Gasteiger partial charge < -0.3 is 5.32 Å². The zero-order valence-electron chi connectivity index (χ0n) is 11.6. The molecule has 2 nitrogen and oxygen atoms in total. The van der Waals surface area contributed by atoms with Crippen LogP contribution in [0.5, 0.6) is 0 Å². The molecule has 2 aliphatic heterocycles. The van der Waals surface area contributed by atoms with Crippen LogP contribution in [0.15, 0.2) is 30.3 Å². The zero-order valence-corrected chi connectivity index (χ0v) is 12.4. The molecular formula is C16H24N2S. The van der Waals surface area contributed by atoms with E-state index in [-0.39, 0.29) is 0 Å². The number of nitrogens with zero attached hydrogens (tertiary/aromatic N) is 1. The van der Waals surface area contributed by atoms with E-state index in [9.17, 15) is 0 Å². The van der Waals surface area contributed by atoms with Crippen LogP contribution < -0.4 is 5.32 Å². The Hall–Kier alpha value is -0.510. The highest BCUT2D eigenvalue weighted by molar-refractivity contribution is 7.99. The van der Waals surface area contributed by atoms with Gasteiger partial charge in [-0.25, -0.2) is 0 Å². The number of thioether (sulfide) groups is 1. The molecule has 0 spiro atoms. The van der Waals surface area contributed by atoms with Gasteiger partial charge in [0, 0.05) is 37.5 Å². The maximum Gasteiger partial charge on any atom is 0.0234 e. The second-order valence-electron chi connectivity index (χ2n) is 5.79. The van der Waals surface area contributed by atoms with E-state index in [1.807, 2.05) is 0 Å². The summed E-state index contributed by atoms with van der Waals surface area (Å²) in [6.07, 6.45) is 4.08. The first-order valence-corrected chi connectivity index (χ1v) is 8.66. The van der Waals surface area contributed by atoms with Gasteiger partial charge in [0.05, 0.1) is 0 Å². The smallest absolute Gasteiger partial charge is 0.0234 e. The Morgan fingerprint density at radius 3 is 2.84 bits per heavy atom. The molecule has 19 heavy (non-hydrogen) atoms. The molecule has 2 heterocycles. The Bertz CT molecular complexity index is 376. The Balaban J connectivity index is 1.44. The highest BCUT2D eigenvalue weighted by Gasteiger charge is 2.25. The molecular weight excluding hydrogens is 252 g/mol. The van der Waals surface area contributed by atoms with Gasteiger partial charge in [-0.2, -0.15) is 11.8 Å². The number of benzene rings is 1. The fourth-order valence-electron chi connectivity index (χ4n) is 3.16. The number of nitrogens with one attached hydrogen (secondary N) is 1. The van der Waals surface area contributed by atoms with Crippen molar-refractivity contribution in [2.45, 2.75) is 37.9 Å². The van der Waals surface area contributed by atoms with Crippen molar-refractivity contribution in [2.75, 3.05) is 24.6 Å². The molecule has 0 aliphatic carbocycles. The summed E-state index contributed by atoms with van der Waals surface area (Å²) in [4.78, 5) is 2.59. The first kappa shape index (κ1) is 13.5. The summed E-state index contributed by atoms with van der Waals surface area (Å²) < 4.78 is 0. The Morgan fingerprint density at radius 2 is 2.05 bits per heavy atom. The van der Waals surface area contributed by atoms with Gasteiger partial charge in [0.1, 0.15) is 0 Å². The second-order valence-corrected chi connectivity index (χ2v) is 6.94. The van der Waals surface area contributed by atoms with Crippen molar-refractivity contribution >= 4 is 11.8 Å². The highest BCUT2D eigenvalue weighted by atomic mass is 32.2. The van der Waals surface area contributed by atoms with Crippen molar-refractivity contribution in [3.8, 4) is 0 Å². The number of rotatable bonds is 4. The van der Waals surface area contributed by atoms with Crippen LogP contribution >= 0.6 is 11.8 Å². The molecule has 0 amide bonds. The molecule has 2 unspecified atom stereocenters. The fourth-order valence-corrected chi connectivity index (χ4v) is 4.24. The third kappa shape index (κ3) is 3.98. The minimum absolute atomic E-state index is 0.715. The number of likely N-dealkylation sites (tertiary alicyclic amines) is 1. The van der Waals surface area contributed by atoms with Crippen LogP contribution in [0, 0.1) is 0 Å². The summed E-state index contributed by atoms with van der Waals surface area (Å²) in [5, 5.41) is 3.87. The monoisotopic (exact) mass is 276 g/mol. The van der Waals surface area contributed by atoms with Gasteiger partial charge in [-0.15, -0.1) is 0 Å². The third-order valence-electron chi connectivity index (χ3n) is 4.15. The number of hydrogen-bond acceptors (Lipinski definition) is 3. The van der Waals surface area contributed by atoms with Crippen LogP contribution in [-0.2, 0) is 6.54 Å². The van der Waals surface area contributed by atoms with Crippen LogP contribution in [0.3, 0.4) is 0 Å². The molecule has 2 aliphatic rings. The van der Waals surface area contributed by atoms with Crippen LogP contribution in [-0.4, -0.2) is 41.6 Å². The molecule has 0 saturated carbocycles. The topological polar surface area (TPSA) is 15.3 Å². The van der Waals surface area contributed by atoms with E-state index >= 15 is 0 Å². The van der Waals surface area contributed by atoms with Gasteiger partial charge in [-0.3, -0.25) is 4.90 Å². The lowest BCUT2D eigenvalue weighted by atomic mass is 10.1. The zero-order chi connectivity index (χ0) is 12.9. The third-order valence-corrected chi connectivity index (χ3v) is 5.37. The largest absolute Gasteiger partial charge is 0.309 e. The van der Waals surface area contributed by atoms with Crippen molar-refractivity contribution in [2.24, 2.45) is 0 Å². The predicted octanol–water partition coefficient (Wildman–Crippen LogP) is 2.75. The van der Waals surface area contributed by atoms with E-state index in [0.29, 0.717) is 6.04 Å². The van der Waals surface area contributed by atoms with Gasteiger partial charge in [-0.05, 0) is 30.6 Å². The van der Waals surface area contributed by atoms with E-state index in [2.05, 4.69) is 52.3 Å². The van der Waals surface area contributed by atoms with Crippen molar-refractivity contribution in [1.29, 1.82) is 0 Å². The molecule has 2 atom stereocenters. The molecule has 1 aromatic rings. The SMILES string of the molecule is c1ccc(CN2CCC(NC3CCCSC3)C2)cc1. The lowest BCUT2D eigenvalue weighted by Crippen LogP contribution is -2.42. The molecule has 0 aromatic heterocycles. The Kier molecular flexibility index (Phi) is 4.81. The molecule has 2 fully saturated rings. The Morgan fingerprint density at radius 1 is 1.16 bits per heavy atom. The molecule has 1 aromatic carbocycles. The molecule has 2 saturated heterocycles. The normalized spacial score (nSPS) is 28.6. The van der Waals surface area contributed by atoms with E-state index in [1.54, 1.807) is 0 Å². The maximum atomic E-state index is 3.87. The minimum atomic E-state index is 0.715. The van der Waals surface area contributed by atoms with Crippen molar-refractivity contribution in [1.82, 2.24) is 10.2 Å². The van der Waals surface area contributed by atoms with E-state index in [0.717, 1.165) is 12.6 Å². The molecule has 1 N–H and O–H groups in total. The molecule has 104 valence electrons. The summed E-state index contributed by atoms with van der Waals surface area (Å²) >= 11 is 2.11. The van der Waals surface area contributed by atoms with Gasteiger partial charge >= 0.3 is 0 Å². The average molecular weight is 276 g/mol. The minimum Gasteiger partial charge on any atom is -0.309 e. The predicted molar refractivity (Wildman–Crippen MR) is 83.6 cm³/mol.